The van der Waals surface area contributed by atoms with E-state index in [9.17, 15) is 4.79 Å². The summed E-state index contributed by atoms with van der Waals surface area (Å²) in [6, 6.07) is 5.80. The van der Waals surface area contributed by atoms with Gasteiger partial charge in [0.15, 0.2) is 0 Å². The fourth-order valence-corrected chi connectivity index (χ4v) is 3.36. The van der Waals surface area contributed by atoms with Crippen molar-refractivity contribution < 1.29 is 4.79 Å². The lowest BCUT2D eigenvalue weighted by Gasteiger charge is -2.24. The van der Waals surface area contributed by atoms with Crippen LogP contribution in [0.5, 0.6) is 0 Å². The monoisotopic (exact) mass is 347 g/mol. The minimum Gasteiger partial charge on any atom is -0.345 e. The molecule has 3 rings (SSSR count). The first kappa shape index (κ1) is 14.3. The lowest BCUT2D eigenvalue weighted by atomic mass is 9.92. The third kappa shape index (κ3) is 2.62. The number of amides is 1. The van der Waals surface area contributed by atoms with Gasteiger partial charge < -0.3 is 5.32 Å². The number of carbonyl (C=O) groups is 1. The van der Waals surface area contributed by atoms with Gasteiger partial charge in [-0.25, -0.2) is 0 Å². The number of rotatable bonds is 2. The Bertz CT molecular complexity index is 693. The van der Waals surface area contributed by atoms with Gasteiger partial charge in [0.25, 0.3) is 5.91 Å². The molecule has 1 unspecified atom stereocenters. The Morgan fingerprint density at radius 3 is 3.10 bits per heavy atom. The molecule has 4 nitrogen and oxygen atoms in total. The predicted molar refractivity (Wildman–Crippen MR) is 85.2 cm³/mol. The van der Waals surface area contributed by atoms with Crippen LogP contribution in [0, 0.1) is 6.92 Å². The zero-order chi connectivity index (χ0) is 15.0. The van der Waals surface area contributed by atoms with Crippen molar-refractivity contribution in [2.24, 2.45) is 7.05 Å². The highest BCUT2D eigenvalue weighted by Gasteiger charge is 2.25. The molecule has 110 valence electrons. The van der Waals surface area contributed by atoms with Crippen LogP contribution in [0.25, 0.3) is 0 Å². The summed E-state index contributed by atoms with van der Waals surface area (Å²) in [5.74, 6) is -0.0349. The summed E-state index contributed by atoms with van der Waals surface area (Å²) in [6.45, 7) is 1.99. The Labute approximate surface area is 132 Å². The molecule has 0 bridgehead atoms. The number of nitrogens with zero attached hydrogens (tertiary/aromatic N) is 2. The van der Waals surface area contributed by atoms with Crippen molar-refractivity contribution in [3.05, 3.63) is 51.3 Å². The van der Waals surface area contributed by atoms with E-state index < -0.39 is 0 Å². The van der Waals surface area contributed by atoms with Crippen molar-refractivity contribution in [2.45, 2.75) is 32.2 Å². The van der Waals surface area contributed by atoms with E-state index in [0.717, 1.165) is 34.9 Å². The molecule has 0 radical (unpaired) electrons. The number of aromatic nitrogens is 2. The van der Waals surface area contributed by atoms with Gasteiger partial charge in [-0.1, -0.05) is 12.1 Å². The standard InChI is InChI=1S/C16H18BrN3O/c1-10-5-3-6-11(15(10)17)16(21)19-13-7-4-8-14-12(13)9-18-20(14)2/h3,5-6,9,13H,4,7-8H2,1-2H3,(H,19,21). The lowest BCUT2D eigenvalue weighted by molar-refractivity contribution is 0.0931. The van der Waals surface area contributed by atoms with Crippen molar-refractivity contribution in [2.75, 3.05) is 0 Å². The maximum Gasteiger partial charge on any atom is 0.252 e. The molecule has 0 saturated heterocycles. The Balaban J connectivity index is 1.84. The molecule has 1 aliphatic carbocycles. The molecule has 1 heterocycles. The molecule has 5 heteroatoms. The highest BCUT2D eigenvalue weighted by Crippen LogP contribution is 2.30. The second-order valence-electron chi connectivity index (χ2n) is 5.52. The van der Waals surface area contributed by atoms with Gasteiger partial charge in [0, 0.05) is 22.8 Å². The van der Waals surface area contributed by atoms with Gasteiger partial charge in [0.1, 0.15) is 0 Å². The summed E-state index contributed by atoms with van der Waals surface area (Å²) in [5.41, 5.74) is 4.13. The lowest BCUT2D eigenvalue weighted by Crippen LogP contribution is -2.31. The minimum absolute atomic E-state index is 0.0349. The molecule has 1 amide bonds. The van der Waals surface area contributed by atoms with Gasteiger partial charge in [0.05, 0.1) is 17.8 Å². The van der Waals surface area contributed by atoms with Gasteiger partial charge >= 0.3 is 0 Å². The predicted octanol–water partition coefficient (Wildman–Crippen LogP) is 3.30. The summed E-state index contributed by atoms with van der Waals surface area (Å²) >= 11 is 3.50. The van der Waals surface area contributed by atoms with Crippen LogP contribution < -0.4 is 5.32 Å². The quantitative estimate of drug-likeness (QED) is 0.905. The summed E-state index contributed by atoms with van der Waals surface area (Å²) in [7, 11) is 1.96. The Hall–Kier alpha value is -1.62. The number of carbonyl (C=O) groups excluding carboxylic acids is 1. The van der Waals surface area contributed by atoms with E-state index in [1.54, 1.807) is 0 Å². The summed E-state index contributed by atoms with van der Waals surface area (Å²) < 4.78 is 2.78. The number of benzene rings is 1. The normalized spacial score (nSPS) is 17.4. The highest BCUT2D eigenvalue weighted by atomic mass is 79.9. The number of nitrogens with one attached hydrogen (secondary N) is 1. The average Bonchev–Trinajstić information content (AvgIpc) is 2.85. The third-order valence-corrected chi connectivity index (χ3v) is 5.17. The molecule has 1 atom stereocenters. The van der Waals surface area contributed by atoms with E-state index in [1.165, 1.54) is 5.69 Å². The zero-order valence-electron chi connectivity index (χ0n) is 12.2. The molecule has 0 saturated carbocycles. The second-order valence-corrected chi connectivity index (χ2v) is 6.32. The maximum atomic E-state index is 12.5. The molecular formula is C16H18BrN3O. The van der Waals surface area contributed by atoms with Crippen molar-refractivity contribution in [3.8, 4) is 0 Å². The van der Waals surface area contributed by atoms with E-state index in [2.05, 4.69) is 26.3 Å². The minimum atomic E-state index is -0.0349. The van der Waals surface area contributed by atoms with Crippen LogP contribution in [0.3, 0.4) is 0 Å². The molecule has 0 aliphatic heterocycles. The molecule has 21 heavy (non-hydrogen) atoms. The van der Waals surface area contributed by atoms with E-state index in [0.29, 0.717) is 5.56 Å². The topological polar surface area (TPSA) is 46.9 Å². The van der Waals surface area contributed by atoms with Gasteiger partial charge in [0.2, 0.25) is 0 Å². The second kappa shape index (κ2) is 5.64. The Morgan fingerprint density at radius 2 is 2.29 bits per heavy atom. The first-order valence-corrected chi connectivity index (χ1v) is 7.94. The molecule has 1 aromatic heterocycles. The highest BCUT2D eigenvalue weighted by molar-refractivity contribution is 9.10. The fraction of sp³-hybridized carbons (Fsp3) is 0.375. The number of fused-ring (bicyclic) bond motifs is 1. The number of hydrogen-bond acceptors (Lipinski definition) is 2. The smallest absolute Gasteiger partial charge is 0.252 e. The summed E-state index contributed by atoms with van der Waals surface area (Å²) in [4.78, 5) is 12.5. The summed E-state index contributed by atoms with van der Waals surface area (Å²) in [6.07, 6.45) is 4.96. The van der Waals surface area contributed by atoms with E-state index in [-0.39, 0.29) is 11.9 Å². The molecule has 0 fully saturated rings. The van der Waals surface area contributed by atoms with E-state index >= 15 is 0 Å². The van der Waals surface area contributed by atoms with Crippen molar-refractivity contribution in [3.63, 3.8) is 0 Å². The van der Waals surface area contributed by atoms with Gasteiger partial charge in [-0.2, -0.15) is 5.10 Å². The van der Waals surface area contributed by atoms with Crippen LogP contribution in [0.1, 0.15) is 46.1 Å². The van der Waals surface area contributed by atoms with Crippen molar-refractivity contribution >= 4 is 21.8 Å². The van der Waals surface area contributed by atoms with Crippen LogP contribution in [0.4, 0.5) is 0 Å². The maximum absolute atomic E-state index is 12.5. The third-order valence-electron chi connectivity index (χ3n) is 4.12. The van der Waals surface area contributed by atoms with Crippen molar-refractivity contribution in [1.82, 2.24) is 15.1 Å². The van der Waals surface area contributed by atoms with Gasteiger partial charge in [-0.05, 0) is 53.7 Å². The molecule has 1 N–H and O–H groups in total. The van der Waals surface area contributed by atoms with E-state index in [1.807, 2.05) is 43.0 Å². The molecule has 0 spiro atoms. The molecule has 2 aromatic rings. The van der Waals surface area contributed by atoms with Crippen LogP contribution >= 0.6 is 15.9 Å². The fourth-order valence-electron chi connectivity index (χ4n) is 2.91. The van der Waals surface area contributed by atoms with Gasteiger partial charge in [-0.3, -0.25) is 9.48 Å². The number of halogens is 1. The van der Waals surface area contributed by atoms with Crippen LogP contribution in [0.15, 0.2) is 28.9 Å². The zero-order valence-corrected chi connectivity index (χ0v) is 13.8. The SMILES string of the molecule is Cc1cccc(C(=O)NC2CCCc3c2cnn3C)c1Br. The Kier molecular flexibility index (Phi) is 3.85. The summed E-state index contributed by atoms with van der Waals surface area (Å²) in [5, 5.41) is 7.47. The number of aryl methyl sites for hydroxylation is 2. The average molecular weight is 348 g/mol. The largest absolute Gasteiger partial charge is 0.345 e. The number of hydrogen-bond donors (Lipinski definition) is 1. The first-order chi connectivity index (χ1) is 10.1. The molecule has 1 aromatic carbocycles. The van der Waals surface area contributed by atoms with Crippen LogP contribution in [-0.2, 0) is 13.5 Å². The molecule has 1 aliphatic rings. The Morgan fingerprint density at radius 1 is 1.48 bits per heavy atom. The van der Waals surface area contributed by atoms with Crippen LogP contribution in [-0.4, -0.2) is 15.7 Å². The van der Waals surface area contributed by atoms with Crippen LogP contribution in [0.2, 0.25) is 0 Å². The first-order valence-electron chi connectivity index (χ1n) is 7.14. The van der Waals surface area contributed by atoms with Gasteiger partial charge in [-0.15, -0.1) is 0 Å². The van der Waals surface area contributed by atoms with Crippen molar-refractivity contribution in [1.29, 1.82) is 0 Å². The molecular weight excluding hydrogens is 330 g/mol. The van der Waals surface area contributed by atoms with E-state index in [4.69, 9.17) is 0 Å².